The van der Waals surface area contributed by atoms with Crippen molar-refractivity contribution in [2.75, 3.05) is 13.1 Å². The van der Waals surface area contributed by atoms with Gasteiger partial charge in [-0.15, -0.1) is 0 Å². The van der Waals surface area contributed by atoms with Crippen LogP contribution in [0.3, 0.4) is 0 Å². The van der Waals surface area contributed by atoms with Gasteiger partial charge in [0, 0.05) is 13.1 Å². The second-order valence-corrected chi connectivity index (χ2v) is 4.26. The molecule has 6 nitrogen and oxygen atoms in total. The van der Waals surface area contributed by atoms with E-state index in [9.17, 15) is 9.59 Å². The molecule has 1 aliphatic carbocycles. The Bertz CT molecular complexity index is 223. The molecule has 0 saturated heterocycles. The highest BCUT2D eigenvalue weighted by Crippen LogP contribution is 2.27. The zero-order valence-electron chi connectivity index (χ0n) is 9.11. The Morgan fingerprint density at radius 1 is 0.875 bits per heavy atom. The topological polar surface area (TPSA) is 98.7 Å². The van der Waals surface area contributed by atoms with Crippen LogP contribution in [0, 0.1) is 11.8 Å². The summed E-state index contributed by atoms with van der Waals surface area (Å²) < 4.78 is 0. The smallest absolute Gasteiger partial charge is 0.404 e. The van der Waals surface area contributed by atoms with Crippen LogP contribution in [0.2, 0.25) is 0 Å². The van der Waals surface area contributed by atoms with Crippen molar-refractivity contribution in [3.05, 3.63) is 0 Å². The third kappa shape index (κ3) is 4.86. The average Bonchev–Trinajstić information content (AvgIpc) is 2.25. The Balaban J connectivity index is 2.13. The molecule has 1 aliphatic rings. The van der Waals surface area contributed by atoms with Crippen molar-refractivity contribution >= 4 is 12.2 Å². The lowest BCUT2D eigenvalue weighted by atomic mass is 9.82. The minimum atomic E-state index is -0.977. The predicted octanol–water partition coefficient (Wildman–Crippen LogP) is 1.33. The molecule has 0 aliphatic heterocycles. The Hall–Kier alpha value is -1.46. The molecule has 92 valence electrons. The molecule has 0 aromatic rings. The van der Waals surface area contributed by atoms with Crippen LogP contribution in [0.4, 0.5) is 9.59 Å². The molecular formula is C10H18N2O4. The molecule has 1 fully saturated rings. The van der Waals surface area contributed by atoms with Crippen molar-refractivity contribution in [1.29, 1.82) is 0 Å². The Morgan fingerprint density at radius 3 is 1.44 bits per heavy atom. The molecule has 1 rings (SSSR count). The highest BCUT2D eigenvalue weighted by Gasteiger charge is 2.21. The molecule has 0 spiro atoms. The van der Waals surface area contributed by atoms with E-state index in [1.807, 2.05) is 0 Å². The lowest BCUT2D eigenvalue weighted by molar-refractivity contribution is 0.182. The van der Waals surface area contributed by atoms with Gasteiger partial charge in [0.1, 0.15) is 0 Å². The first kappa shape index (κ1) is 12.6. The largest absolute Gasteiger partial charge is 0.465 e. The maximum Gasteiger partial charge on any atom is 0.404 e. The molecule has 0 aromatic carbocycles. The van der Waals surface area contributed by atoms with E-state index >= 15 is 0 Å². The van der Waals surface area contributed by atoms with Crippen LogP contribution in [0.15, 0.2) is 0 Å². The van der Waals surface area contributed by atoms with Gasteiger partial charge in [0.15, 0.2) is 0 Å². The number of carboxylic acid groups (broad SMARTS) is 2. The molecule has 0 atom stereocenters. The van der Waals surface area contributed by atoms with Crippen molar-refractivity contribution in [3.8, 4) is 0 Å². The summed E-state index contributed by atoms with van der Waals surface area (Å²) in [6, 6.07) is 0. The van der Waals surface area contributed by atoms with Gasteiger partial charge in [-0.2, -0.15) is 0 Å². The lowest BCUT2D eigenvalue weighted by Crippen LogP contribution is -2.33. The summed E-state index contributed by atoms with van der Waals surface area (Å²) in [5.74, 6) is 0.800. The molecule has 0 unspecified atom stereocenters. The lowest BCUT2D eigenvalue weighted by Gasteiger charge is -2.28. The molecule has 16 heavy (non-hydrogen) atoms. The van der Waals surface area contributed by atoms with E-state index in [-0.39, 0.29) is 0 Å². The van der Waals surface area contributed by atoms with Crippen molar-refractivity contribution in [1.82, 2.24) is 10.6 Å². The summed E-state index contributed by atoms with van der Waals surface area (Å²) in [5.41, 5.74) is 0. The summed E-state index contributed by atoms with van der Waals surface area (Å²) >= 11 is 0. The monoisotopic (exact) mass is 230 g/mol. The normalized spacial score (nSPS) is 24.8. The first-order chi connectivity index (χ1) is 7.58. The Kier molecular flexibility index (Phi) is 4.88. The number of rotatable bonds is 4. The van der Waals surface area contributed by atoms with Crippen molar-refractivity contribution in [2.24, 2.45) is 11.8 Å². The van der Waals surface area contributed by atoms with Crippen LogP contribution in [-0.4, -0.2) is 35.5 Å². The van der Waals surface area contributed by atoms with Gasteiger partial charge in [0.2, 0.25) is 0 Å². The van der Waals surface area contributed by atoms with Crippen LogP contribution >= 0.6 is 0 Å². The van der Waals surface area contributed by atoms with Gasteiger partial charge < -0.3 is 20.8 Å². The van der Waals surface area contributed by atoms with E-state index < -0.39 is 12.2 Å². The minimum Gasteiger partial charge on any atom is -0.465 e. The van der Waals surface area contributed by atoms with E-state index in [1.54, 1.807) is 0 Å². The fraction of sp³-hybridized carbons (Fsp3) is 0.800. The Morgan fingerprint density at radius 2 is 1.19 bits per heavy atom. The van der Waals surface area contributed by atoms with E-state index in [0.717, 1.165) is 25.7 Å². The van der Waals surface area contributed by atoms with Gasteiger partial charge >= 0.3 is 12.2 Å². The van der Waals surface area contributed by atoms with Gasteiger partial charge in [-0.05, 0) is 37.5 Å². The number of hydrogen-bond donors (Lipinski definition) is 4. The molecule has 0 radical (unpaired) electrons. The van der Waals surface area contributed by atoms with E-state index in [4.69, 9.17) is 10.2 Å². The second-order valence-electron chi connectivity index (χ2n) is 4.26. The van der Waals surface area contributed by atoms with Crippen LogP contribution in [0.5, 0.6) is 0 Å². The maximum atomic E-state index is 10.3. The molecule has 0 heterocycles. The summed E-state index contributed by atoms with van der Waals surface area (Å²) in [6.07, 6.45) is 1.90. The van der Waals surface area contributed by atoms with Crippen LogP contribution in [0.25, 0.3) is 0 Å². The van der Waals surface area contributed by atoms with Crippen molar-refractivity contribution in [3.63, 3.8) is 0 Å². The van der Waals surface area contributed by atoms with Gasteiger partial charge in [-0.1, -0.05) is 0 Å². The van der Waals surface area contributed by atoms with Gasteiger partial charge in [-0.3, -0.25) is 0 Å². The van der Waals surface area contributed by atoms with E-state index in [0.29, 0.717) is 24.9 Å². The molecule has 6 heteroatoms. The maximum absolute atomic E-state index is 10.3. The van der Waals surface area contributed by atoms with E-state index in [2.05, 4.69) is 10.6 Å². The summed E-state index contributed by atoms with van der Waals surface area (Å²) in [7, 11) is 0. The minimum absolute atomic E-state index is 0.400. The quantitative estimate of drug-likeness (QED) is 0.585. The van der Waals surface area contributed by atoms with Gasteiger partial charge in [-0.25, -0.2) is 9.59 Å². The highest BCUT2D eigenvalue weighted by atomic mass is 16.4. The van der Waals surface area contributed by atoms with Gasteiger partial charge in [0.05, 0.1) is 0 Å². The number of hydrogen-bond acceptors (Lipinski definition) is 2. The highest BCUT2D eigenvalue weighted by molar-refractivity contribution is 5.64. The zero-order valence-corrected chi connectivity index (χ0v) is 9.11. The summed E-state index contributed by atoms with van der Waals surface area (Å²) in [5, 5.41) is 21.7. The fourth-order valence-corrected chi connectivity index (χ4v) is 2.10. The summed E-state index contributed by atoms with van der Waals surface area (Å²) in [6.45, 7) is 1.02. The molecule has 2 amide bonds. The summed E-state index contributed by atoms with van der Waals surface area (Å²) in [4.78, 5) is 20.6. The molecular weight excluding hydrogens is 212 g/mol. The van der Waals surface area contributed by atoms with Crippen molar-refractivity contribution in [2.45, 2.75) is 25.7 Å². The van der Waals surface area contributed by atoms with Gasteiger partial charge in [0.25, 0.3) is 0 Å². The zero-order chi connectivity index (χ0) is 12.0. The number of nitrogens with one attached hydrogen (secondary N) is 2. The number of carbonyl (C=O) groups is 2. The van der Waals surface area contributed by atoms with Crippen LogP contribution in [-0.2, 0) is 0 Å². The third-order valence-corrected chi connectivity index (χ3v) is 3.05. The number of amides is 2. The standard InChI is InChI=1S/C10H18N2O4/c13-9(14)11-5-7-1-2-8(4-3-7)6-12-10(15)16/h7-8,11-12H,1-6H2,(H,13,14)(H,15,16). The van der Waals surface area contributed by atoms with Crippen LogP contribution < -0.4 is 10.6 Å². The predicted molar refractivity (Wildman–Crippen MR) is 57.5 cm³/mol. The van der Waals surface area contributed by atoms with Crippen molar-refractivity contribution < 1.29 is 19.8 Å². The second kappa shape index (κ2) is 6.19. The first-order valence-electron chi connectivity index (χ1n) is 5.51. The van der Waals surface area contributed by atoms with E-state index in [1.165, 1.54) is 0 Å². The third-order valence-electron chi connectivity index (χ3n) is 3.05. The first-order valence-corrected chi connectivity index (χ1v) is 5.51. The Labute approximate surface area is 94.0 Å². The SMILES string of the molecule is O=C(O)NCC1CCC(CNC(=O)O)CC1. The molecule has 4 N–H and O–H groups in total. The molecule has 0 bridgehead atoms. The molecule has 1 saturated carbocycles. The fourth-order valence-electron chi connectivity index (χ4n) is 2.10. The average molecular weight is 230 g/mol. The van der Waals surface area contributed by atoms with Crippen LogP contribution in [0.1, 0.15) is 25.7 Å². The molecule has 0 aromatic heterocycles.